The Morgan fingerprint density at radius 3 is 2.62 bits per heavy atom. The van der Waals surface area contributed by atoms with Gasteiger partial charge in [0.1, 0.15) is 6.61 Å². The number of hydrogen-bond acceptors (Lipinski definition) is 3. The van der Waals surface area contributed by atoms with E-state index in [1.807, 2.05) is 5.32 Å². The van der Waals surface area contributed by atoms with E-state index in [0.717, 1.165) is 0 Å². The van der Waals surface area contributed by atoms with E-state index >= 15 is 0 Å². The molecule has 16 heavy (non-hydrogen) atoms. The van der Waals surface area contributed by atoms with Crippen LogP contribution in [0.25, 0.3) is 0 Å². The number of para-hydroxylation sites is 1. The molecule has 0 aliphatic rings. The summed E-state index contributed by atoms with van der Waals surface area (Å²) in [6.07, 6.45) is 0. The van der Waals surface area contributed by atoms with E-state index in [4.69, 9.17) is 10.8 Å². The van der Waals surface area contributed by atoms with Gasteiger partial charge in [0, 0.05) is 5.69 Å². The predicted octanol–water partition coefficient (Wildman–Crippen LogP) is 0.626. The lowest BCUT2D eigenvalue weighted by Gasteiger charge is -2.14. The van der Waals surface area contributed by atoms with Crippen molar-refractivity contribution in [1.29, 1.82) is 0 Å². The number of aliphatic hydroxyl groups is 1. The molecule has 0 fully saturated rings. The van der Waals surface area contributed by atoms with Crippen LogP contribution in [0.3, 0.4) is 0 Å². The van der Waals surface area contributed by atoms with Gasteiger partial charge in [-0.1, -0.05) is 12.1 Å². The highest BCUT2D eigenvalue weighted by atomic mass is 19.3. The molecule has 6 heteroatoms. The number of halogens is 2. The van der Waals surface area contributed by atoms with E-state index in [1.54, 1.807) is 12.1 Å². The number of alkyl halides is 2. The minimum Gasteiger partial charge on any atom is -0.398 e. The Balaban J connectivity index is 2.64. The largest absolute Gasteiger partial charge is 0.398 e. The Labute approximate surface area is 91.1 Å². The maximum absolute atomic E-state index is 12.6. The van der Waals surface area contributed by atoms with Crippen LogP contribution in [0.15, 0.2) is 24.3 Å². The first-order chi connectivity index (χ1) is 7.46. The summed E-state index contributed by atoms with van der Waals surface area (Å²) in [5.74, 6) is -4.01. The molecule has 0 spiro atoms. The summed E-state index contributed by atoms with van der Waals surface area (Å²) in [4.78, 5) is 11.4. The number of amides is 1. The fourth-order valence-electron chi connectivity index (χ4n) is 1.06. The van der Waals surface area contributed by atoms with Gasteiger partial charge >= 0.3 is 0 Å². The SMILES string of the molecule is Nc1ccccc1C(=O)NCC(F)(F)CO. The van der Waals surface area contributed by atoms with E-state index in [-0.39, 0.29) is 11.3 Å². The molecule has 1 amide bonds. The number of hydrogen-bond donors (Lipinski definition) is 3. The molecule has 0 bridgehead atoms. The molecule has 0 aliphatic heterocycles. The molecule has 0 aromatic heterocycles. The van der Waals surface area contributed by atoms with E-state index in [0.29, 0.717) is 0 Å². The standard InChI is InChI=1S/C10H12F2N2O2/c11-10(12,6-15)5-14-9(16)7-3-1-2-4-8(7)13/h1-4,15H,5-6,13H2,(H,14,16). The van der Waals surface area contributed by atoms with Crippen molar-refractivity contribution in [1.82, 2.24) is 5.32 Å². The number of nitrogens with one attached hydrogen (secondary N) is 1. The second kappa shape index (κ2) is 4.89. The highest BCUT2D eigenvalue weighted by Gasteiger charge is 2.28. The minimum absolute atomic E-state index is 0.135. The summed E-state index contributed by atoms with van der Waals surface area (Å²) in [5, 5.41) is 10.3. The highest BCUT2D eigenvalue weighted by molar-refractivity contribution is 5.99. The average molecular weight is 230 g/mol. The lowest BCUT2D eigenvalue weighted by atomic mass is 10.1. The van der Waals surface area contributed by atoms with Gasteiger partial charge in [0.05, 0.1) is 12.1 Å². The number of nitrogens with two attached hydrogens (primary N) is 1. The Bertz CT molecular complexity index is 383. The quantitative estimate of drug-likeness (QED) is 0.664. The van der Waals surface area contributed by atoms with Crippen molar-refractivity contribution in [3.8, 4) is 0 Å². The van der Waals surface area contributed by atoms with Crippen LogP contribution in [0.5, 0.6) is 0 Å². The van der Waals surface area contributed by atoms with Crippen LogP contribution in [0.2, 0.25) is 0 Å². The molecule has 0 heterocycles. The summed E-state index contributed by atoms with van der Waals surface area (Å²) >= 11 is 0. The van der Waals surface area contributed by atoms with Crippen LogP contribution >= 0.6 is 0 Å². The molecular formula is C10H12F2N2O2. The maximum atomic E-state index is 12.6. The average Bonchev–Trinajstić information content (AvgIpc) is 2.27. The van der Waals surface area contributed by atoms with Crippen LogP contribution in [-0.4, -0.2) is 30.1 Å². The molecule has 0 radical (unpaired) electrons. The summed E-state index contributed by atoms with van der Waals surface area (Å²) < 4.78 is 25.3. The van der Waals surface area contributed by atoms with Crippen LogP contribution < -0.4 is 11.1 Å². The smallest absolute Gasteiger partial charge is 0.287 e. The van der Waals surface area contributed by atoms with Gasteiger partial charge < -0.3 is 16.2 Å². The second-order valence-electron chi connectivity index (χ2n) is 3.28. The van der Waals surface area contributed by atoms with Crippen LogP contribution in [-0.2, 0) is 0 Å². The van der Waals surface area contributed by atoms with Gasteiger partial charge in [0.15, 0.2) is 0 Å². The maximum Gasteiger partial charge on any atom is 0.287 e. The third-order valence-corrected chi connectivity index (χ3v) is 1.94. The Hall–Kier alpha value is -1.69. The summed E-state index contributed by atoms with van der Waals surface area (Å²) in [7, 11) is 0. The van der Waals surface area contributed by atoms with Crippen LogP contribution in [0, 0.1) is 0 Å². The van der Waals surface area contributed by atoms with Gasteiger partial charge in [0.2, 0.25) is 0 Å². The molecule has 0 saturated heterocycles. The fourth-order valence-corrected chi connectivity index (χ4v) is 1.06. The van der Waals surface area contributed by atoms with Crippen molar-refractivity contribution in [3.05, 3.63) is 29.8 Å². The lowest BCUT2D eigenvalue weighted by Crippen LogP contribution is -2.39. The normalized spacial score (nSPS) is 11.2. The Morgan fingerprint density at radius 1 is 1.44 bits per heavy atom. The van der Waals surface area contributed by atoms with Crippen molar-refractivity contribution in [2.75, 3.05) is 18.9 Å². The highest BCUT2D eigenvalue weighted by Crippen LogP contribution is 2.13. The molecule has 0 atom stereocenters. The van der Waals surface area contributed by atoms with Gasteiger partial charge in [0.25, 0.3) is 11.8 Å². The van der Waals surface area contributed by atoms with Crippen molar-refractivity contribution >= 4 is 11.6 Å². The Morgan fingerprint density at radius 2 is 2.06 bits per heavy atom. The van der Waals surface area contributed by atoms with Crippen molar-refractivity contribution < 1.29 is 18.7 Å². The fraction of sp³-hybridized carbons (Fsp3) is 0.300. The van der Waals surface area contributed by atoms with Gasteiger partial charge in [-0.05, 0) is 12.1 Å². The van der Waals surface area contributed by atoms with Crippen molar-refractivity contribution in [3.63, 3.8) is 0 Å². The first-order valence-corrected chi connectivity index (χ1v) is 4.58. The first-order valence-electron chi connectivity index (χ1n) is 4.58. The zero-order chi connectivity index (χ0) is 12.2. The monoisotopic (exact) mass is 230 g/mol. The Kier molecular flexibility index (Phi) is 3.78. The molecule has 0 unspecified atom stereocenters. The van der Waals surface area contributed by atoms with E-state index in [2.05, 4.69) is 0 Å². The zero-order valence-electron chi connectivity index (χ0n) is 8.41. The molecule has 1 aromatic carbocycles. The van der Waals surface area contributed by atoms with Crippen LogP contribution in [0.4, 0.5) is 14.5 Å². The number of benzene rings is 1. The van der Waals surface area contributed by atoms with Gasteiger partial charge in [-0.3, -0.25) is 4.79 Å². The molecule has 88 valence electrons. The zero-order valence-corrected chi connectivity index (χ0v) is 8.41. The van der Waals surface area contributed by atoms with E-state index in [1.165, 1.54) is 12.1 Å². The number of carbonyl (C=O) groups is 1. The third kappa shape index (κ3) is 3.16. The van der Waals surface area contributed by atoms with E-state index in [9.17, 15) is 13.6 Å². The lowest BCUT2D eigenvalue weighted by molar-refractivity contribution is -0.0461. The van der Waals surface area contributed by atoms with Crippen molar-refractivity contribution in [2.24, 2.45) is 0 Å². The van der Waals surface area contributed by atoms with Gasteiger partial charge in [-0.2, -0.15) is 0 Å². The van der Waals surface area contributed by atoms with E-state index < -0.39 is 25.0 Å². The number of aliphatic hydroxyl groups excluding tert-OH is 1. The summed E-state index contributed by atoms with van der Waals surface area (Å²) in [5.41, 5.74) is 5.85. The molecule has 1 aromatic rings. The summed E-state index contributed by atoms with van der Waals surface area (Å²) in [6.45, 7) is -2.23. The molecule has 4 nitrogen and oxygen atoms in total. The molecular weight excluding hydrogens is 218 g/mol. The molecule has 4 N–H and O–H groups in total. The minimum atomic E-state index is -3.32. The van der Waals surface area contributed by atoms with Crippen molar-refractivity contribution in [2.45, 2.75) is 5.92 Å². The number of nitrogen functional groups attached to an aromatic ring is 1. The van der Waals surface area contributed by atoms with Gasteiger partial charge in [-0.25, -0.2) is 8.78 Å². The molecule has 0 saturated carbocycles. The first kappa shape index (κ1) is 12.4. The molecule has 1 rings (SSSR count). The third-order valence-electron chi connectivity index (χ3n) is 1.94. The van der Waals surface area contributed by atoms with Gasteiger partial charge in [-0.15, -0.1) is 0 Å². The molecule has 0 aliphatic carbocycles. The number of carbonyl (C=O) groups excluding carboxylic acids is 1. The summed E-state index contributed by atoms with van der Waals surface area (Å²) in [6, 6.07) is 6.14. The predicted molar refractivity (Wildman–Crippen MR) is 55.2 cm³/mol. The second-order valence-corrected chi connectivity index (χ2v) is 3.28. The number of rotatable bonds is 4. The topological polar surface area (TPSA) is 75.4 Å². The number of anilines is 1. The van der Waals surface area contributed by atoms with Crippen LogP contribution in [0.1, 0.15) is 10.4 Å².